The van der Waals surface area contributed by atoms with E-state index < -0.39 is 0 Å². The molecule has 1 aliphatic carbocycles. The van der Waals surface area contributed by atoms with Crippen LogP contribution in [0.15, 0.2) is 23.4 Å². The van der Waals surface area contributed by atoms with Gasteiger partial charge in [0, 0.05) is 25.0 Å². The molecule has 0 bridgehead atoms. The fourth-order valence-electron chi connectivity index (χ4n) is 2.50. The summed E-state index contributed by atoms with van der Waals surface area (Å²) in [5.41, 5.74) is 2.29. The first kappa shape index (κ1) is 14.1. The SMILES string of the molecule is CCOC(=O)CC1=C(NC2CCOCC2)CCC=C1. The zero-order valence-electron chi connectivity index (χ0n) is 11.6. The number of ether oxygens (including phenoxy) is 2. The van der Waals surface area contributed by atoms with Gasteiger partial charge in [-0.1, -0.05) is 12.2 Å². The number of esters is 1. The normalized spacial score (nSPS) is 20.5. The molecule has 1 heterocycles. The van der Waals surface area contributed by atoms with Crippen molar-refractivity contribution in [3.05, 3.63) is 23.4 Å². The third kappa shape index (κ3) is 4.39. The molecule has 1 saturated heterocycles. The highest BCUT2D eigenvalue weighted by Crippen LogP contribution is 2.22. The Morgan fingerprint density at radius 1 is 1.47 bits per heavy atom. The molecule has 0 amide bonds. The molecule has 0 spiro atoms. The van der Waals surface area contributed by atoms with Crippen molar-refractivity contribution in [3.8, 4) is 0 Å². The number of allylic oxidation sites excluding steroid dienone is 3. The van der Waals surface area contributed by atoms with E-state index in [0.717, 1.165) is 44.5 Å². The Bertz CT molecular complexity index is 368. The quantitative estimate of drug-likeness (QED) is 0.775. The molecule has 0 aromatic carbocycles. The van der Waals surface area contributed by atoms with Gasteiger partial charge in [0.15, 0.2) is 0 Å². The van der Waals surface area contributed by atoms with Crippen LogP contribution in [0, 0.1) is 0 Å². The highest BCUT2D eigenvalue weighted by Gasteiger charge is 2.18. The van der Waals surface area contributed by atoms with Crippen LogP contribution in [0.3, 0.4) is 0 Å². The largest absolute Gasteiger partial charge is 0.466 e. The number of rotatable bonds is 5. The van der Waals surface area contributed by atoms with Crippen molar-refractivity contribution in [3.63, 3.8) is 0 Å². The van der Waals surface area contributed by atoms with E-state index >= 15 is 0 Å². The van der Waals surface area contributed by atoms with Crippen LogP contribution in [-0.4, -0.2) is 31.8 Å². The molecule has 2 aliphatic rings. The molecule has 0 atom stereocenters. The molecular formula is C15H23NO3. The molecule has 4 heteroatoms. The molecule has 0 aromatic rings. The number of carbonyl (C=O) groups is 1. The average Bonchev–Trinajstić information content (AvgIpc) is 2.42. The Morgan fingerprint density at radius 3 is 3.00 bits per heavy atom. The van der Waals surface area contributed by atoms with Crippen LogP contribution in [0.2, 0.25) is 0 Å². The molecule has 19 heavy (non-hydrogen) atoms. The average molecular weight is 265 g/mol. The van der Waals surface area contributed by atoms with E-state index in [0.29, 0.717) is 19.1 Å². The lowest BCUT2D eigenvalue weighted by Crippen LogP contribution is -2.35. The second-order valence-electron chi connectivity index (χ2n) is 4.96. The van der Waals surface area contributed by atoms with E-state index in [-0.39, 0.29) is 5.97 Å². The highest BCUT2D eigenvalue weighted by molar-refractivity contribution is 5.73. The summed E-state index contributed by atoms with van der Waals surface area (Å²) >= 11 is 0. The molecule has 0 unspecified atom stereocenters. The lowest BCUT2D eigenvalue weighted by Gasteiger charge is -2.27. The van der Waals surface area contributed by atoms with E-state index in [1.54, 1.807) is 0 Å². The van der Waals surface area contributed by atoms with Crippen molar-refractivity contribution in [2.75, 3.05) is 19.8 Å². The van der Waals surface area contributed by atoms with Crippen LogP contribution in [0.5, 0.6) is 0 Å². The summed E-state index contributed by atoms with van der Waals surface area (Å²) in [6.45, 7) is 3.94. The van der Waals surface area contributed by atoms with Crippen molar-refractivity contribution in [2.24, 2.45) is 0 Å². The molecular weight excluding hydrogens is 242 g/mol. The standard InChI is InChI=1S/C15H23NO3/c1-2-19-15(17)11-12-5-3-4-6-14(12)16-13-7-9-18-10-8-13/h3,5,13,16H,2,4,6-11H2,1H3. The van der Waals surface area contributed by atoms with Gasteiger partial charge in [-0.25, -0.2) is 0 Å². The maximum atomic E-state index is 11.6. The number of nitrogens with one attached hydrogen (secondary N) is 1. The van der Waals surface area contributed by atoms with E-state index in [9.17, 15) is 4.79 Å². The van der Waals surface area contributed by atoms with Gasteiger partial charge in [0.1, 0.15) is 0 Å². The zero-order valence-corrected chi connectivity index (χ0v) is 11.6. The van der Waals surface area contributed by atoms with Gasteiger partial charge in [-0.3, -0.25) is 4.79 Å². The van der Waals surface area contributed by atoms with E-state index in [1.807, 2.05) is 6.92 Å². The minimum atomic E-state index is -0.143. The van der Waals surface area contributed by atoms with Crippen LogP contribution in [-0.2, 0) is 14.3 Å². The monoisotopic (exact) mass is 265 g/mol. The molecule has 0 aromatic heterocycles. The van der Waals surface area contributed by atoms with Crippen LogP contribution < -0.4 is 5.32 Å². The van der Waals surface area contributed by atoms with Crippen molar-refractivity contribution >= 4 is 5.97 Å². The topological polar surface area (TPSA) is 47.6 Å². The number of hydrogen-bond acceptors (Lipinski definition) is 4. The smallest absolute Gasteiger partial charge is 0.310 e. The van der Waals surface area contributed by atoms with Crippen LogP contribution >= 0.6 is 0 Å². The number of carbonyl (C=O) groups excluding carboxylic acids is 1. The molecule has 106 valence electrons. The van der Waals surface area contributed by atoms with Gasteiger partial charge in [-0.05, 0) is 38.2 Å². The molecule has 0 saturated carbocycles. The Morgan fingerprint density at radius 2 is 2.26 bits per heavy atom. The third-order valence-corrected chi connectivity index (χ3v) is 3.51. The maximum absolute atomic E-state index is 11.6. The summed E-state index contributed by atoms with van der Waals surface area (Å²) in [4.78, 5) is 11.6. The van der Waals surface area contributed by atoms with Crippen LogP contribution in [0.1, 0.15) is 39.0 Å². The van der Waals surface area contributed by atoms with Crippen molar-refractivity contribution in [1.82, 2.24) is 5.32 Å². The van der Waals surface area contributed by atoms with Crippen LogP contribution in [0.4, 0.5) is 0 Å². The predicted octanol–water partition coefficient (Wildman–Crippen LogP) is 2.31. The van der Waals surface area contributed by atoms with Gasteiger partial charge < -0.3 is 14.8 Å². The fraction of sp³-hybridized carbons (Fsp3) is 0.667. The Labute approximate surface area is 114 Å². The van der Waals surface area contributed by atoms with Crippen molar-refractivity contribution < 1.29 is 14.3 Å². The summed E-state index contributed by atoms with van der Waals surface area (Å²) in [6.07, 6.45) is 8.67. The summed E-state index contributed by atoms with van der Waals surface area (Å²) in [6, 6.07) is 0.479. The lowest BCUT2D eigenvalue weighted by atomic mass is 9.98. The second kappa shape index (κ2) is 7.34. The van der Waals surface area contributed by atoms with Gasteiger partial charge >= 0.3 is 5.97 Å². The number of hydrogen-bond donors (Lipinski definition) is 1. The van der Waals surface area contributed by atoms with Crippen molar-refractivity contribution in [2.45, 2.75) is 45.1 Å². The molecule has 2 rings (SSSR count). The fourth-order valence-corrected chi connectivity index (χ4v) is 2.50. The predicted molar refractivity (Wildman–Crippen MR) is 73.6 cm³/mol. The minimum Gasteiger partial charge on any atom is -0.466 e. The van der Waals surface area contributed by atoms with Crippen LogP contribution in [0.25, 0.3) is 0 Å². The maximum Gasteiger partial charge on any atom is 0.310 e. The minimum absolute atomic E-state index is 0.143. The first-order valence-electron chi connectivity index (χ1n) is 7.18. The van der Waals surface area contributed by atoms with Gasteiger partial charge in [0.05, 0.1) is 13.0 Å². The molecule has 1 fully saturated rings. The molecule has 4 nitrogen and oxygen atoms in total. The Hall–Kier alpha value is -1.29. The first-order valence-corrected chi connectivity index (χ1v) is 7.18. The molecule has 1 N–H and O–H groups in total. The lowest BCUT2D eigenvalue weighted by molar-refractivity contribution is -0.142. The highest BCUT2D eigenvalue weighted by atomic mass is 16.5. The molecule has 0 radical (unpaired) electrons. The van der Waals surface area contributed by atoms with E-state index in [4.69, 9.17) is 9.47 Å². The summed E-state index contributed by atoms with van der Waals surface area (Å²) < 4.78 is 10.4. The van der Waals surface area contributed by atoms with Gasteiger partial charge in [0.25, 0.3) is 0 Å². The second-order valence-corrected chi connectivity index (χ2v) is 4.96. The summed E-state index contributed by atoms with van der Waals surface area (Å²) in [5, 5.41) is 3.60. The van der Waals surface area contributed by atoms with Crippen molar-refractivity contribution in [1.29, 1.82) is 0 Å². The molecule has 1 aliphatic heterocycles. The third-order valence-electron chi connectivity index (χ3n) is 3.51. The van der Waals surface area contributed by atoms with E-state index in [1.165, 1.54) is 5.70 Å². The van der Waals surface area contributed by atoms with Gasteiger partial charge in [-0.15, -0.1) is 0 Å². The summed E-state index contributed by atoms with van der Waals surface area (Å²) in [7, 11) is 0. The van der Waals surface area contributed by atoms with Gasteiger partial charge in [-0.2, -0.15) is 0 Å². The van der Waals surface area contributed by atoms with Gasteiger partial charge in [0.2, 0.25) is 0 Å². The Kier molecular flexibility index (Phi) is 5.45. The Balaban J connectivity index is 1.97. The zero-order chi connectivity index (χ0) is 13.5. The van der Waals surface area contributed by atoms with E-state index in [2.05, 4.69) is 17.5 Å². The first-order chi connectivity index (χ1) is 9.29. The summed E-state index contributed by atoms with van der Waals surface area (Å²) in [5.74, 6) is -0.143.